The Morgan fingerprint density at radius 3 is 1.81 bits per heavy atom. The first kappa shape index (κ1) is 14.4. The molecule has 0 aliphatic heterocycles. The molecule has 3 aliphatic carbocycles. The predicted octanol–water partition coefficient (Wildman–Crippen LogP) is 1.51. The zero-order chi connectivity index (χ0) is 15.0. The first-order valence-corrected chi connectivity index (χ1v) is 7.66. The molecule has 0 spiro atoms. The molecule has 0 aromatic heterocycles. The van der Waals surface area contributed by atoms with Gasteiger partial charge in [0.05, 0.1) is 17.8 Å². The van der Waals surface area contributed by atoms with E-state index in [1.165, 1.54) is 0 Å². The number of aliphatic carboxylic acids is 1. The standard InChI is InChI=1S/C15H20O6/c16-13(17)9-3-4-11(5-9)20-15(19)10-6-12(7-10)21-14(18)8-1-2-8/h8-12H,1-7H2,(H,16,17). The largest absolute Gasteiger partial charge is 0.481 e. The molecule has 21 heavy (non-hydrogen) atoms. The molecule has 2 unspecified atom stereocenters. The van der Waals surface area contributed by atoms with Crippen molar-refractivity contribution < 1.29 is 29.0 Å². The van der Waals surface area contributed by atoms with Crippen LogP contribution in [0.5, 0.6) is 0 Å². The van der Waals surface area contributed by atoms with Gasteiger partial charge in [-0.05, 0) is 44.9 Å². The van der Waals surface area contributed by atoms with Crippen LogP contribution in [0.25, 0.3) is 0 Å². The summed E-state index contributed by atoms with van der Waals surface area (Å²) < 4.78 is 10.7. The number of carbonyl (C=O) groups excluding carboxylic acids is 2. The molecule has 6 heteroatoms. The Morgan fingerprint density at radius 1 is 0.714 bits per heavy atom. The van der Waals surface area contributed by atoms with Crippen LogP contribution in [0.1, 0.15) is 44.9 Å². The summed E-state index contributed by atoms with van der Waals surface area (Å²) in [6, 6.07) is 0. The van der Waals surface area contributed by atoms with E-state index in [2.05, 4.69) is 0 Å². The van der Waals surface area contributed by atoms with Gasteiger partial charge in [0.25, 0.3) is 0 Å². The van der Waals surface area contributed by atoms with Crippen molar-refractivity contribution in [3.63, 3.8) is 0 Å². The van der Waals surface area contributed by atoms with E-state index in [9.17, 15) is 14.4 Å². The number of ether oxygens (including phenoxy) is 2. The SMILES string of the molecule is O=C(O)C1CCC(OC(=O)C2CC(OC(=O)C3CC3)C2)C1. The highest BCUT2D eigenvalue weighted by molar-refractivity contribution is 5.77. The molecule has 116 valence electrons. The van der Waals surface area contributed by atoms with Gasteiger partial charge in [-0.2, -0.15) is 0 Å². The van der Waals surface area contributed by atoms with Crippen LogP contribution < -0.4 is 0 Å². The number of carbonyl (C=O) groups is 3. The smallest absolute Gasteiger partial charge is 0.309 e. The fraction of sp³-hybridized carbons (Fsp3) is 0.800. The van der Waals surface area contributed by atoms with Crippen molar-refractivity contribution in [3.8, 4) is 0 Å². The van der Waals surface area contributed by atoms with Crippen molar-refractivity contribution in [2.45, 2.75) is 57.2 Å². The summed E-state index contributed by atoms with van der Waals surface area (Å²) in [4.78, 5) is 34.2. The molecule has 0 heterocycles. The molecule has 3 rings (SSSR count). The van der Waals surface area contributed by atoms with Gasteiger partial charge in [0, 0.05) is 0 Å². The molecule has 1 N–H and O–H groups in total. The molecule has 2 atom stereocenters. The van der Waals surface area contributed by atoms with Gasteiger partial charge in [0.15, 0.2) is 0 Å². The van der Waals surface area contributed by atoms with Gasteiger partial charge in [-0.1, -0.05) is 0 Å². The molecule has 0 aromatic carbocycles. The molecule has 3 aliphatic rings. The highest BCUT2D eigenvalue weighted by atomic mass is 16.6. The van der Waals surface area contributed by atoms with Crippen molar-refractivity contribution in [1.82, 2.24) is 0 Å². The lowest BCUT2D eigenvalue weighted by Gasteiger charge is -2.33. The summed E-state index contributed by atoms with van der Waals surface area (Å²) in [6.07, 6.45) is 4.09. The molecule has 3 saturated carbocycles. The first-order valence-electron chi connectivity index (χ1n) is 7.66. The van der Waals surface area contributed by atoms with Crippen LogP contribution in [0.2, 0.25) is 0 Å². The third-order valence-corrected chi connectivity index (χ3v) is 4.64. The Morgan fingerprint density at radius 2 is 1.24 bits per heavy atom. The summed E-state index contributed by atoms with van der Waals surface area (Å²) in [6.45, 7) is 0. The molecule has 6 nitrogen and oxygen atoms in total. The van der Waals surface area contributed by atoms with E-state index < -0.39 is 11.9 Å². The predicted molar refractivity (Wildman–Crippen MR) is 70.2 cm³/mol. The number of hydrogen-bond donors (Lipinski definition) is 1. The minimum absolute atomic E-state index is 0.0856. The van der Waals surface area contributed by atoms with E-state index >= 15 is 0 Å². The fourth-order valence-electron chi connectivity index (χ4n) is 2.97. The summed E-state index contributed by atoms with van der Waals surface area (Å²) in [5, 5.41) is 8.91. The fourth-order valence-corrected chi connectivity index (χ4v) is 2.97. The van der Waals surface area contributed by atoms with Crippen LogP contribution in [0.3, 0.4) is 0 Å². The maximum atomic E-state index is 11.9. The zero-order valence-electron chi connectivity index (χ0n) is 11.8. The van der Waals surface area contributed by atoms with E-state index in [0.717, 1.165) is 12.8 Å². The topological polar surface area (TPSA) is 89.9 Å². The lowest BCUT2D eigenvalue weighted by atomic mass is 9.82. The van der Waals surface area contributed by atoms with Gasteiger partial charge in [-0.3, -0.25) is 14.4 Å². The van der Waals surface area contributed by atoms with E-state index in [-0.39, 0.29) is 36.0 Å². The summed E-state index contributed by atoms with van der Waals surface area (Å²) in [7, 11) is 0. The van der Waals surface area contributed by atoms with Crippen LogP contribution in [-0.4, -0.2) is 35.2 Å². The second-order valence-corrected chi connectivity index (χ2v) is 6.41. The molecular weight excluding hydrogens is 276 g/mol. The second-order valence-electron chi connectivity index (χ2n) is 6.41. The molecule has 3 fully saturated rings. The normalized spacial score (nSPS) is 34.9. The number of rotatable bonds is 5. The highest BCUT2D eigenvalue weighted by Gasteiger charge is 2.42. The highest BCUT2D eigenvalue weighted by Crippen LogP contribution is 2.37. The van der Waals surface area contributed by atoms with E-state index in [4.69, 9.17) is 14.6 Å². The Hall–Kier alpha value is -1.59. The van der Waals surface area contributed by atoms with Crippen molar-refractivity contribution in [2.24, 2.45) is 17.8 Å². The van der Waals surface area contributed by atoms with E-state index in [1.54, 1.807) is 0 Å². The Balaban J connectivity index is 1.36. The van der Waals surface area contributed by atoms with Gasteiger partial charge in [0.1, 0.15) is 12.2 Å². The van der Waals surface area contributed by atoms with Crippen LogP contribution in [0.4, 0.5) is 0 Å². The monoisotopic (exact) mass is 296 g/mol. The molecule has 0 bridgehead atoms. The van der Waals surface area contributed by atoms with E-state index in [1.807, 2.05) is 0 Å². The molecule has 0 aromatic rings. The molecule has 0 saturated heterocycles. The van der Waals surface area contributed by atoms with Gasteiger partial charge < -0.3 is 14.6 Å². The van der Waals surface area contributed by atoms with Gasteiger partial charge >= 0.3 is 17.9 Å². The third-order valence-electron chi connectivity index (χ3n) is 4.64. The van der Waals surface area contributed by atoms with Crippen LogP contribution in [-0.2, 0) is 23.9 Å². The van der Waals surface area contributed by atoms with Crippen LogP contribution >= 0.6 is 0 Å². The summed E-state index contributed by atoms with van der Waals surface area (Å²) >= 11 is 0. The minimum Gasteiger partial charge on any atom is -0.481 e. The quantitative estimate of drug-likeness (QED) is 0.773. The van der Waals surface area contributed by atoms with Crippen molar-refractivity contribution in [3.05, 3.63) is 0 Å². The number of carboxylic acid groups (broad SMARTS) is 1. The van der Waals surface area contributed by atoms with Gasteiger partial charge in [0.2, 0.25) is 0 Å². The Bertz CT molecular complexity index is 449. The maximum absolute atomic E-state index is 11.9. The van der Waals surface area contributed by atoms with Crippen LogP contribution in [0, 0.1) is 17.8 Å². The lowest BCUT2D eigenvalue weighted by Crippen LogP contribution is -2.39. The first-order chi connectivity index (χ1) is 10.0. The van der Waals surface area contributed by atoms with Gasteiger partial charge in [-0.15, -0.1) is 0 Å². The molecule has 0 amide bonds. The number of esters is 2. The molecule has 0 radical (unpaired) electrons. The van der Waals surface area contributed by atoms with Crippen molar-refractivity contribution in [2.75, 3.05) is 0 Å². The number of hydrogen-bond acceptors (Lipinski definition) is 5. The summed E-state index contributed by atoms with van der Waals surface area (Å²) in [5.74, 6) is -1.73. The Labute approximate surface area is 122 Å². The average Bonchev–Trinajstić information content (AvgIpc) is 3.13. The third kappa shape index (κ3) is 3.36. The summed E-state index contributed by atoms with van der Waals surface area (Å²) in [5.41, 5.74) is 0. The second kappa shape index (κ2) is 5.66. The zero-order valence-corrected chi connectivity index (χ0v) is 11.8. The van der Waals surface area contributed by atoms with Crippen molar-refractivity contribution in [1.29, 1.82) is 0 Å². The minimum atomic E-state index is -0.816. The lowest BCUT2D eigenvalue weighted by molar-refractivity contribution is -0.171. The average molecular weight is 296 g/mol. The molecular formula is C15H20O6. The number of carboxylic acids is 1. The van der Waals surface area contributed by atoms with Crippen molar-refractivity contribution >= 4 is 17.9 Å². The Kier molecular flexibility index (Phi) is 3.87. The van der Waals surface area contributed by atoms with Gasteiger partial charge in [-0.25, -0.2) is 0 Å². The van der Waals surface area contributed by atoms with E-state index in [0.29, 0.717) is 32.1 Å². The maximum Gasteiger partial charge on any atom is 0.309 e. The van der Waals surface area contributed by atoms with Crippen LogP contribution in [0.15, 0.2) is 0 Å².